The Balaban J connectivity index is 2.66. The molecule has 0 fully saturated rings. The zero-order valence-corrected chi connectivity index (χ0v) is 10.8. The van der Waals surface area contributed by atoms with Crippen molar-refractivity contribution >= 4 is 17.6 Å². The number of ether oxygens (including phenoxy) is 1. The smallest absolute Gasteiger partial charge is 0.297 e. The van der Waals surface area contributed by atoms with Crippen molar-refractivity contribution in [2.75, 3.05) is 31.7 Å². The molecule has 0 atom stereocenters. The van der Waals surface area contributed by atoms with E-state index in [9.17, 15) is 0 Å². The van der Waals surface area contributed by atoms with Crippen LogP contribution < -0.4 is 4.90 Å². The molecule has 0 saturated heterocycles. The number of hydrogen-bond acceptors (Lipinski definition) is 4. The fourth-order valence-electron chi connectivity index (χ4n) is 1.41. The normalized spacial score (nSPS) is 11.1. The lowest BCUT2D eigenvalue weighted by Gasteiger charge is -2.22. The maximum atomic E-state index is 5.69. The summed E-state index contributed by atoms with van der Waals surface area (Å²) < 4.78 is 10.5. The van der Waals surface area contributed by atoms with Gasteiger partial charge in [-0.1, -0.05) is 13.8 Å². The molecule has 92 valence electrons. The van der Waals surface area contributed by atoms with Gasteiger partial charge < -0.3 is 14.1 Å². The van der Waals surface area contributed by atoms with Gasteiger partial charge in [-0.2, -0.15) is 4.98 Å². The third-order valence-corrected chi connectivity index (χ3v) is 2.37. The predicted octanol–water partition coefficient (Wildman–Crippen LogP) is 2.52. The molecule has 0 spiro atoms. The molecule has 4 nitrogen and oxygen atoms in total. The molecular formula is C11H19ClN2O2. The van der Waals surface area contributed by atoms with Gasteiger partial charge >= 0.3 is 0 Å². The Labute approximate surface area is 102 Å². The molecule has 5 heteroatoms. The first-order chi connectivity index (χ1) is 7.67. The van der Waals surface area contributed by atoms with E-state index in [0.717, 1.165) is 18.8 Å². The number of rotatable bonds is 7. The summed E-state index contributed by atoms with van der Waals surface area (Å²) >= 11 is 5.69. The Morgan fingerprint density at radius 3 is 2.81 bits per heavy atom. The molecule has 0 radical (unpaired) electrons. The number of halogens is 1. The Hall–Kier alpha value is -0.740. The number of aromatic nitrogens is 1. The summed E-state index contributed by atoms with van der Waals surface area (Å²) in [6.45, 7) is 6.64. The highest BCUT2D eigenvalue weighted by Gasteiger charge is 2.13. The Morgan fingerprint density at radius 2 is 2.31 bits per heavy atom. The van der Waals surface area contributed by atoms with Gasteiger partial charge in [0, 0.05) is 20.2 Å². The summed E-state index contributed by atoms with van der Waals surface area (Å²) in [4.78, 5) is 6.38. The first-order valence-electron chi connectivity index (χ1n) is 5.41. The van der Waals surface area contributed by atoms with Crippen LogP contribution in [0.4, 0.5) is 6.01 Å². The molecule has 0 aliphatic carbocycles. The molecule has 1 heterocycles. The third kappa shape index (κ3) is 4.02. The summed E-state index contributed by atoms with van der Waals surface area (Å²) in [5.74, 6) is 0.923. The molecule has 1 aromatic heterocycles. The molecule has 0 amide bonds. The van der Waals surface area contributed by atoms with Gasteiger partial charge in [0.05, 0.1) is 18.2 Å². The van der Waals surface area contributed by atoms with Crippen LogP contribution in [0.25, 0.3) is 0 Å². The van der Waals surface area contributed by atoms with E-state index in [1.807, 2.05) is 0 Å². The van der Waals surface area contributed by atoms with Crippen molar-refractivity contribution in [3.63, 3.8) is 0 Å². The first kappa shape index (κ1) is 13.3. The molecule has 0 aliphatic rings. The van der Waals surface area contributed by atoms with Crippen LogP contribution >= 0.6 is 11.6 Å². The zero-order chi connectivity index (χ0) is 12.0. The van der Waals surface area contributed by atoms with E-state index in [-0.39, 0.29) is 0 Å². The van der Waals surface area contributed by atoms with Crippen LogP contribution in [0.3, 0.4) is 0 Å². The number of hydrogen-bond donors (Lipinski definition) is 0. The van der Waals surface area contributed by atoms with Crippen LogP contribution in [-0.2, 0) is 10.6 Å². The maximum Gasteiger partial charge on any atom is 0.297 e. The van der Waals surface area contributed by atoms with E-state index in [2.05, 4.69) is 23.7 Å². The predicted molar refractivity (Wildman–Crippen MR) is 65.0 cm³/mol. The van der Waals surface area contributed by atoms with E-state index >= 15 is 0 Å². The largest absolute Gasteiger partial charge is 0.432 e. The van der Waals surface area contributed by atoms with E-state index in [1.54, 1.807) is 13.4 Å². The van der Waals surface area contributed by atoms with E-state index in [0.29, 0.717) is 24.4 Å². The maximum absolute atomic E-state index is 5.69. The quantitative estimate of drug-likeness (QED) is 0.693. The Kier molecular flexibility index (Phi) is 5.63. The third-order valence-electron chi connectivity index (χ3n) is 2.10. The standard InChI is InChI=1S/C11H19ClN2O2/c1-9(2)7-14(4-5-15-3)11-13-10(6-12)8-16-11/h8-9H,4-7H2,1-3H3. The minimum Gasteiger partial charge on any atom is -0.432 e. The summed E-state index contributed by atoms with van der Waals surface area (Å²) in [6.07, 6.45) is 1.60. The zero-order valence-electron chi connectivity index (χ0n) is 10.1. The van der Waals surface area contributed by atoms with Crippen LogP contribution in [0.5, 0.6) is 0 Å². The van der Waals surface area contributed by atoms with Gasteiger partial charge in [-0.25, -0.2) is 0 Å². The number of anilines is 1. The summed E-state index contributed by atoms with van der Waals surface area (Å²) in [7, 11) is 1.69. The van der Waals surface area contributed by atoms with Gasteiger partial charge in [0.2, 0.25) is 0 Å². The van der Waals surface area contributed by atoms with Crippen molar-refractivity contribution < 1.29 is 9.15 Å². The van der Waals surface area contributed by atoms with Gasteiger partial charge in [0.1, 0.15) is 6.26 Å². The summed E-state index contributed by atoms with van der Waals surface area (Å²) in [6, 6.07) is 0.626. The van der Waals surface area contributed by atoms with Crippen LogP contribution in [0.15, 0.2) is 10.7 Å². The van der Waals surface area contributed by atoms with Gasteiger partial charge in [0.15, 0.2) is 0 Å². The monoisotopic (exact) mass is 246 g/mol. The second kappa shape index (κ2) is 6.76. The van der Waals surface area contributed by atoms with E-state index < -0.39 is 0 Å². The fourth-order valence-corrected chi connectivity index (χ4v) is 1.53. The van der Waals surface area contributed by atoms with E-state index in [1.165, 1.54) is 0 Å². The number of nitrogens with zero attached hydrogens (tertiary/aromatic N) is 2. The average Bonchev–Trinajstić information content (AvgIpc) is 2.72. The van der Waals surface area contributed by atoms with Crippen LogP contribution in [0, 0.1) is 5.92 Å². The van der Waals surface area contributed by atoms with E-state index in [4.69, 9.17) is 20.8 Å². The summed E-state index contributed by atoms with van der Waals surface area (Å²) in [5.41, 5.74) is 0.767. The van der Waals surface area contributed by atoms with Crippen molar-refractivity contribution in [1.82, 2.24) is 4.98 Å². The topological polar surface area (TPSA) is 38.5 Å². The van der Waals surface area contributed by atoms with Crippen molar-refractivity contribution in [2.45, 2.75) is 19.7 Å². The Morgan fingerprint density at radius 1 is 1.56 bits per heavy atom. The average molecular weight is 247 g/mol. The lowest BCUT2D eigenvalue weighted by atomic mass is 10.2. The number of methoxy groups -OCH3 is 1. The van der Waals surface area contributed by atoms with Crippen LogP contribution in [-0.4, -0.2) is 31.8 Å². The minimum absolute atomic E-state index is 0.378. The highest BCUT2D eigenvalue weighted by Crippen LogP contribution is 2.16. The minimum atomic E-state index is 0.378. The molecule has 1 aromatic rings. The molecule has 0 bridgehead atoms. The Bertz CT molecular complexity index is 302. The van der Waals surface area contributed by atoms with Gasteiger partial charge in [-0.15, -0.1) is 11.6 Å². The molecule has 0 N–H and O–H groups in total. The van der Waals surface area contributed by atoms with Gasteiger partial charge in [-0.05, 0) is 5.92 Å². The van der Waals surface area contributed by atoms with Crippen molar-refractivity contribution in [3.8, 4) is 0 Å². The second-order valence-corrected chi connectivity index (χ2v) is 4.35. The van der Waals surface area contributed by atoms with Gasteiger partial charge in [0.25, 0.3) is 6.01 Å². The van der Waals surface area contributed by atoms with Crippen molar-refractivity contribution in [1.29, 1.82) is 0 Å². The van der Waals surface area contributed by atoms with Crippen LogP contribution in [0.1, 0.15) is 19.5 Å². The number of alkyl halides is 1. The van der Waals surface area contributed by atoms with Crippen molar-refractivity contribution in [2.24, 2.45) is 5.92 Å². The molecule has 0 aliphatic heterocycles. The highest BCUT2D eigenvalue weighted by molar-refractivity contribution is 6.16. The SMILES string of the molecule is COCCN(CC(C)C)c1nc(CCl)co1. The molecule has 1 rings (SSSR count). The van der Waals surface area contributed by atoms with Gasteiger partial charge in [-0.3, -0.25) is 0 Å². The molecule has 0 saturated carbocycles. The highest BCUT2D eigenvalue weighted by atomic mass is 35.5. The number of oxazole rings is 1. The molecule has 0 unspecified atom stereocenters. The molecule has 16 heavy (non-hydrogen) atoms. The molecular weight excluding hydrogens is 228 g/mol. The second-order valence-electron chi connectivity index (χ2n) is 4.09. The first-order valence-corrected chi connectivity index (χ1v) is 5.95. The lowest BCUT2D eigenvalue weighted by molar-refractivity contribution is 0.203. The van der Waals surface area contributed by atoms with Crippen LogP contribution in [0.2, 0.25) is 0 Å². The summed E-state index contributed by atoms with van der Waals surface area (Å²) in [5, 5.41) is 0. The fraction of sp³-hybridized carbons (Fsp3) is 0.727. The molecule has 0 aromatic carbocycles. The lowest BCUT2D eigenvalue weighted by Crippen LogP contribution is -2.31. The van der Waals surface area contributed by atoms with Crippen molar-refractivity contribution in [3.05, 3.63) is 12.0 Å².